The zero-order valence-corrected chi connectivity index (χ0v) is 12.4. The quantitative estimate of drug-likeness (QED) is 0.587. The summed E-state index contributed by atoms with van der Waals surface area (Å²) < 4.78 is 2.00. The van der Waals surface area contributed by atoms with Crippen molar-refractivity contribution < 1.29 is 14.7 Å². The Morgan fingerprint density at radius 1 is 1.23 bits per heavy atom. The van der Waals surface area contributed by atoms with Crippen LogP contribution in [0.1, 0.15) is 19.3 Å². The summed E-state index contributed by atoms with van der Waals surface area (Å²) in [5, 5.41) is 12.3. The Hall–Kier alpha value is -2.11. The summed E-state index contributed by atoms with van der Waals surface area (Å²) in [5.41, 5.74) is 0. The lowest BCUT2D eigenvalue weighted by Gasteiger charge is -2.23. The number of aryl methyl sites for hydroxylation is 1. The van der Waals surface area contributed by atoms with E-state index < -0.39 is 17.8 Å². The molecule has 3 rings (SSSR count). The van der Waals surface area contributed by atoms with Gasteiger partial charge in [0.15, 0.2) is 0 Å². The van der Waals surface area contributed by atoms with Crippen LogP contribution in [0.4, 0.5) is 0 Å². The summed E-state index contributed by atoms with van der Waals surface area (Å²) in [6.45, 7) is 1.47. The maximum atomic E-state index is 12.3. The summed E-state index contributed by atoms with van der Waals surface area (Å²) in [6.07, 6.45) is 12.0. The highest BCUT2D eigenvalue weighted by atomic mass is 16.4. The molecule has 1 aromatic heterocycles. The topological polar surface area (TPSA) is 84.2 Å². The highest BCUT2D eigenvalue weighted by molar-refractivity contribution is 5.86. The number of hydrogen-bond donors (Lipinski definition) is 2. The van der Waals surface area contributed by atoms with E-state index in [2.05, 4.69) is 10.3 Å². The van der Waals surface area contributed by atoms with Gasteiger partial charge in [-0.05, 0) is 31.1 Å². The zero-order chi connectivity index (χ0) is 15.5. The molecule has 118 valence electrons. The molecular weight excluding hydrogens is 282 g/mol. The van der Waals surface area contributed by atoms with E-state index in [0.29, 0.717) is 6.54 Å². The molecule has 4 atom stereocenters. The minimum absolute atomic E-state index is 0.0273. The smallest absolute Gasteiger partial charge is 0.307 e. The van der Waals surface area contributed by atoms with Crippen LogP contribution in [0.2, 0.25) is 0 Å². The van der Waals surface area contributed by atoms with E-state index in [9.17, 15) is 14.7 Å². The molecule has 2 N–H and O–H groups in total. The zero-order valence-electron chi connectivity index (χ0n) is 12.4. The Balaban J connectivity index is 1.44. The van der Waals surface area contributed by atoms with Crippen LogP contribution in [0.15, 0.2) is 30.9 Å². The summed E-state index contributed by atoms with van der Waals surface area (Å²) in [6, 6.07) is 0. The van der Waals surface area contributed by atoms with Crippen molar-refractivity contribution in [3.63, 3.8) is 0 Å². The standard InChI is InChI=1S/C16H21N3O3/c20-15(18-5-1-2-7-19-8-6-17-10-19)13-11-3-4-12(9-11)14(13)16(21)22/h3-4,6,8,10-14H,1-2,5,7,9H2,(H,18,20)(H,21,22). The fourth-order valence-corrected chi connectivity index (χ4v) is 3.68. The van der Waals surface area contributed by atoms with E-state index in [1.165, 1.54) is 0 Å². The van der Waals surface area contributed by atoms with Gasteiger partial charge in [0, 0.05) is 25.5 Å². The molecule has 22 heavy (non-hydrogen) atoms. The fourth-order valence-electron chi connectivity index (χ4n) is 3.68. The molecule has 2 bridgehead atoms. The number of carboxylic acid groups (broad SMARTS) is 1. The Morgan fingerprint density at radius 3 is 2.68 bits per heavy atom. The Morgan fingerprint density at radius 2 is 2.00 bits per heavy atom. The molecule has 1 saturated carbocycles. The van der Waals surface area contributed by atoms with Gasteiger partial charge in [0.2, 0.25) is 5.91 Å². The maximum absolute atomic E-state index is 12.3. The molecule has 6 nitrogen and oxygen atoms in total. The summed E-state index contributed by atoms with van der Waals surface area (Å²) >= 11 is 0. The lowest BCUT2D eigenvalue weighted by Crippen LogP contribution is -2.40. The molecule has 0 radical (unpaired) electrons. The van der Waals surface area contributed by atoms with Gasteiger partial charge >= 0.3 is 5.97 Å². The van der Waals surface area contributed by atoms with E-state index in [4.69, 9.17) is 0 Å². The van der Waals surface area contributed by atoms with Crippen molar-refractivity contribution in [3.05, 3.63) is 30.9 Å². The van der Waals surface area contributed by atoms with E-state index in [1.807, 2.05) is 22.9 Å². The van der Waals surface area contributed by atoms with Crippen LogP contribution in [0, 0.1) is 23.7 Å². The van der Waals surface area contributed by atoms with Gasteiger partial charge < -0.3 is 15.0 Å². The van der Waals surface area contributed by atoms with E-state index >= 15 is 0 Å². The van der Waals surface area contributed by atoms with Crippen molar-refractivity contribution in [1.82, 2.24) is 14.9 Å². The number of rotatable bonds is 7. The number of carbonyl (C=O) groups is 2. The molecule has 1 amide bonds. The van der Waals surface area contributed by atoms with Crippen LogP contribution in [-0.4, -0.2) is 33.1 Å². The average molecular weight is 303 g/mol. The van der Waals surface area contributed by atoms with Gasteiger partial charge in [0.05, 0.1) is 18.2 Å². The van der Waals surface area contributed by atoms with Crippen molar-refractivity contribution in [3.8, 4) is 0 Å². The lowest BCUT2D eigenvalue weighted by molar-refractivity contribution is -0.147. The van der Waals surface area contributed by atoms with Crippen LogP contribution in [-0.2, 0) is 16.1 Å². The van der Waals surface area contributed by atoms with Gasteiger partial charge in [-0.3, -0.25) is 9.59 Å². The fraction of sp³-hybridized carbons (Fsp3) is 0.562. The number of unbranched alkanes of at least 4 members (excludes halogenated alkanes) is 1. The predicted molar refractivity (Wildman–Crippen MR) is 79.8 cm³/mol. The third kappa shape index (κ3) is 2.91. The van der Waals surface area contributed by atoms with Gasteiger partial charge in [0.1, 0.15) is 0 Å². The molecule has 1 fully saturated rings. The molecule has 1 heterocycles. The maximum Gasteiger partial charge on any atom is 0.307 e. The SMILES string of the molecule is O=C(O)C1C2C=CC(C2)C1C(=O)NCCCCn1ccnc1. The number of carbonyl (C=O) groups excluding carboxylic acids is 1. The molecule has 2 aliphatic rings. The molecule has 1 aromatic rings. The minimum atomic E-state index is -0.850. The number of hydrogen-bond acceptors (Lipinski definition) is 3. The number of nitrogens with zero attached hydrogens (tertiary/aromatic N) is 2. The van der Waals surface area contributed by atoms with Crippen LogP contribution in [0.3, 0.4) is 0 Å². The van der Waals surface area contributed by atoms with Crippen molar-refractivity contribution >= 4 is 11.9 Å². The number of carboxylic acids is 1. The molecule has 6 heteroatoms. The van der Waals surface area contributed by atoms with Crippen molar-refractivity contribution in [2.45, 2.75) is 25.8 Å². The Labute approximate surface area is 129 Å². The largest absolute Gasteiger partial charge is 0.481 e. The first-order valence-electron chi connectivity index (χ1n) is 7.81. The number of allylic oxidation sites excluding steroid dienone is 2. The highest BCUT2D eigenvalue weighted by Crippen LogP contribution is 2.48. The van der Waals surface area contributed by atoms with Crippen LogP contribution in [0.25, 0.3) is 0 Å². The van der Waals surface area contributed by atoms with Gasteiger partial charge in [-0.15, -0.1) is 0 Å². The normalized spacial score (nSPS) is 28.9. The first-order valence-corrected chi connectivity index (χ1v) is 7.81. The predicted octanol–water partition coefficient (Wildman–Crippen LogP) is 1.30. The summed E-state index contributed by atoms with van der Waals surface area (Å²) in [4.78, 5) is 27.7. The Bertz CT molecular complexity index is 567. The molecule has 0 saturated heterocycles. The van der Waals surface area contributed by atoms with Crippen LogP contribution >= 0.6 is 0 Å². The number of amides is 1. The second-order valence-corrected chi connectivity index (χ2v) is 6.14. The first kappa shape index (κ1) is 14.8. The first-order chi connectivity index (χ1) is 10.7. The molecule has 2 aliphatic carbocycles. The molecular formula is C16H21N3O3. The molecule has 4 unspecified atom stereocenters. The summed E-state index contributed by atoms with van der Waals surface area (Å²) in [7, 11) is 0. The second-order valence-electron chi connectivity index (χ2n) is 6.14. The van der Waals surface area contributed by atoms with Crippen LogP contribution < -0.4 is 5.32 Å². The molecule has 0 aromatic carbocycles. The van der Waals surface area contributed by atoms with Gasteiger partial charge in [-0.1, -0.05) is 12.2 Å². The van der Waals surface area contributed by atoms with Gasteiger partial charge in [0.25, 0.3) is 0 Å². The average Bonchev–Trinajstić information content (AvgIpc) is 3.22. The number of aliphatic carboxylic acids is 1. The second kappa shape index (κ2) is 6.34. The Kier molecular flexibility index (Phi) is 4.27. The third-order valence-corrected chi connectivity index (χ3v) is 4.75. The monoisotopic (exact) mass is 303 g/mol. The van der Waals surface area contributed by atoms with Gasteiger partial charge in [-0.2, -0.15) is 0 Å². The number of nitrogens with one attached hydrogen (secondary N) is 1. The van der Waals surface area contributed by atoms with Crippen molar-refractivity contribution in [2.24, 2.45) is 23.7 Å². The van der Waals surface area contributed by atoms with Gasteiger partial charge in [-0.25, -0.2) is 4.98 Å². The number of fused-ring (bicyclic) bond motifs is 2. The minimum Gasteiger partial charge on any atom is -0.481 e. The van der Waals surface area contributed by atoms with E-state index in [1.54, 1.807) is 12.5 Å². The molecule has 0 spiro atoms. The summed E-state index contributed by atoms with van der Waals surface area (Å²) in [5.74, 6) is -1.79. The van der Waals surface area contributed by atoms with E-state index in [0.717, 1.165) is 25.8 Å². The third-order valence-electron chi connectivity index (χ3n) is 4.75. The lowest BCUT2D eigenvalue weighted by atomic mass is 9.82. The van der Waals surface area contributed by atoms with Crippen molar-refractivity contribution in [1.29, 1.82) is 0 Å². The number of imidazole rings is 1. The number of aromatic nitrogens is 2. The van der Waals surface area contributed by atoms with E-state index in [-0.39, 0.29) is 17.7 Å². The van der Waals surface area contributed by atoms with Crippen LogP contribution in [0.5, 0.6) is 0 Å². The highest BCUT2D eigenvalue weighted by Gasteiger charge is 2.51. The van der Waals surface area contributed by atoms with Crippen molar-refractivity contribution in [2.75, 3.05) is 6.54 Å². The molecule has 0 aliphatic heterocycles.